The zero-order valence-electron chi connectivity index (χ0n) is 9.59. The molecule has 0 saturated heterocycles. The molecule has 0 radical (unpaired) electrons. The normalized spacial score (nSPS) is 12.8. The Balaban J connectivity index is 2.39. The van der Waals surface area contributed by atoms with Gasteiger partial charge in [-0.15, -0.1) is 0 Å². The predicted octanol–water partition coefficient (Wildman–Crippen LogP) is 3.10. The van der Waals surface area contributed by atoms with Crippen LogP contribution in [-0.2, 0) is 11.3 Å². The molecule has 0 heterocycles. The van der Waals surface area contributed by atoms with E-state index < -0.39 is 0 Å². The SMILES string of the molecule is CCOC(C)CNCc1cc(F)ccc1Br. The third-order valence-electron chi connectivity index (χ3n) is 2.21. The molecule has 0 aliphatic carbocycles. The van der Waals surface area contributed by atoms with Gasteiger partial charge in [0.25, 0.3) is 0 Å². The lowest BCUT2D eigenvalue weighted by Gasteiger charge is -2.13. The summed E-state index contributed by atoms with van der Waals surface area (Å²) in [4.78, 5) is 0. The topological polar surface area (TPSA) is 21.3 Å². The molecule has 0 aromatic heterocycles. The summed E-state index contributed by atoms with van der Waals surface area (Å²) in [6.45, 7) is 6.09. The highest BCUT2D eigenvalue weighted by Crippen LogP contribution is 2.17. The number of nitrogens with one attached hydrogen (secondary N) is 1. The summed E-state index contributed by atoms with van der Waals surface area (Å²) in [6.07, 6.45) is 0.178. The second-order valence-corrected chi connectivity index (χ2v) is 4.49. The van der Waals surface area contributed by atoms with Gasteiger partial charge in [0, 0.05) is 24.2 Å². The molecule has 0 amide bonds. The van der Waals surface area contributed by atoms with Crippen LogP contribution in [0.25, 0.3) is 0 Å². The van der Waals surface area contributed by atoms with Crippen molar-refractivity contribution in [2.45, 2.75) is 26.5 Å². The number of halogens is 2. The summed E-state index contributed by atoms with van der Waals surface area (Å²) in [5.41, 5.74) is 0.920. The number of hydrogen-bond donors (Lipinski definition) is 1. The van der Waals surface area contributed by atoms with Crippen molar-refractivity contribution in [2.75, 3.05) is 13.2 Å². The van der Waals surface area contributed by atoms with Gasteiger partial charge in [-0.05, 0) is 37.6 Å². The lowest BCUT2D eigenvalue weighted by Crippen LogP contribution is -2.26. The molecule has 16 heavy (non-hydrogen) atoms. The molecule has 0 saturated carbocycles. The van der Waals surface area contributed by atoms with E-state index in [4.69, 9.17) is 4.74 Å². The van der Waals surface area contributed by atoms with Crippen LogP contribution in [0.3, 0.4) is 0 Å². The van der Waals surface area contributed by atoms with Crippen LogP contribution in [0, 0.1) is 5.82 Å². The van der Waals surface area contributed by atoms with E-state index in [0.717, 1.165) is 16.6 Å². The molecule has 4 heteroatoms. The van der Waals surface area contributed by atoms with Gasteiger partial charge in [0.15, 0.2) is 0 Å². The highest BCUT2D eigenvalue weighted by molar-refractivity contribution is 9.10. The van der Waals surface area contributed by atoms with Gasteiger partial charge < -0.3 is 10.1 Å². The first-order chi connectivity index (χ1) is 7.63. The summed E-state index contributed by atoms with van der Waals surface area (Å²) in [5.74, 6) is -0.210. The smallest absolute Gasteiger partial charge is 0.123 e. The quantitative estimate of drug-likeness (QED) is 0.869. The summed E-state index contributed by atoms with van der Waals surface area (Å²) in [5, 5.41) is 3.23. The third kappa shape index (κ3) is 4.60. The Morgan fingerprint density at radius 3 is 2.94 bits per heavy atom. The van der Waals surface area contributed by atoms with Crippen molar-refractivity contribution in [1.29, 1.82) is 0 Å². The fourth-order valence-corrected chi connectivity index (χ4v) is 1.82. The Labute approximate surface area is 104 Å². The van der Waals surface area contributed by atoms with Gasteiger partial charge >= 0.3 is 0 Å². The van der Waals surface area contributed by atoms with Crippen molar-refractivity contribution in [3.63, 3.8) is 0 Å². The lowest BCUT2D eigenvalue weighted by molar-refractivity contribution is 0.0759. The first kappa shape index (κ1) is 13.6. The van der Waals surface area contributed by atoms with Gasteiger partial charge in [-0.25, -0.2) is 4.39 Å². The third-order valence-corrected chi connectivity index (χ3v) is 2.98. The average Bonchev–Trinajstić information content (AvgIpc) is 2.23. The highest BCUT2D eigenvalue weighted by atomic mass is 79.9. The molecule has 90 valence electrons. The van der Waals surface area contributed by atoms with E-state index in [1.807, 2.05) is 13.8 Å². The van der Waals surface area contributed by atoms with Crippen molar-refractivity contribution >= 4 is 15.9 Å². The minimum absolute atomic E-state index is 0.178. The molecule has 0 bridgehead atoms. The molecule has 0 aliphatic rings. The van der Waals surface area contributed by atoms with Crippen LogP contribution in [0.4, 0.5) is 4.39 Å². The Kier molecular flexibility index (Phi) is 5.95. The first-order valence-corrected chi connectivity index (χ1v) is 6.19. The molecule has 0 spiro atoms. The van der Waals surface area contributed by atoms with E-state index in [1.54, 1.807) is 6.07 Å². The molecule has 1 N–H and O–H groups in total. The zero-order valence-corrected chi connectivity index (χ0v) is 11.2. The van der Waals surface area contributed by atoms with Gasteiger partial charge in [-0.1, -0.05) is 15.9 Å². The van der Waals surface area contributed by atoms with Crippen LogP contribution in [0.1, 0.15) is 19.4 Å². The van der Waals surface area contributed by atoms with Gasteiger partial charge in [-0.3, -0.25) is 0 Å². The summed E-state index contributed by atoms with van der Waals surface area (Å²) < 4.78 is 19.3. The number of ether oxygens (including phenoxy) is 1. The number of hydrogen-bond acceptors (Lipinski definition) is 2. The van der Waals surface area contributed by atoms with Crippen LogP contribution in [0.5, 0.6) is 0 Å². The predicted molar refractivity (Wildman–Crippen MR) is 66.9 cm³/mol. The molecule has 0 fully saturated rings. The Morgan fingerprint density at radius 2 is 2.25 bits per heavy atom. The van der Waals surface area contributed by atoms with E-state index in [9.17, 15) is 4.39 Å². The zero-order chi connectivity index (χ0) is 12.0. The largest absolute Gasteiger partial charge is 0.377 e. The summed E-state index contributed by atoms with van der Waals surface area (Å²) in [7, 11) is 0. The lowest BCUT2D eigenvalue weighted by atomic mass is 10.2. The van der Waals surface area contributed by atoms with Gasteiger partial charge in [-0.2, -0.15) is 0 Å². The van der Waals surface area contributed by atoms with E-state index in [1.165, 1.54) is 12.1 Å². The number of benzene rings is 1. The average molecular weight is 290 g/mol. The van der Waals surface area contributed by atoms with Crippen molar-refractivity contribution in [3.8, 4) is 0 Å². The second kappa shape index (κ2) is 6.99. The van der Waals surface area contributed by atoms with E-state index in [-0.39, 0.29) is 11.9 Å². The van der Waals surface area contributed by atoms with Crippen LogP contribution in [0.2, 0.25) is 0 Å². The molecule has 2 nitrogen and oxygen atoms in total. The monoisotopic (exact) mass is 289 g/mol. The van der Waals surface area contributed by atoms with Crippen LogP contribution in [-0.4, -0.2) is 19.3 Å². The second-order valence-electron chi connectivity index (χ2n) is 3.63. The van der Waals surface area contributed by atoms with E-state index in [0.29, 0.717) is 13.2 Å². The highest BCUT2D eigenvalue weighted by Gasteiger charge is 2.03. The van der Waals surface area contributed by atoms with Crippen molar-refractivity contribution < 1.29 is 9.13 Å². The fourth-order valence-electron chi connectivity index (χ4n) is 1.43. The maximum atomic E-state index is 13.0. The van der Waals surface area contributed by atoms with Crippen LogP contribution >= 0.6 is 15.9 Å². The molecular formula is C12H17BrFNO. The maximum Gasteiger partial charge on any atom is 0.123 e. The maximum absolute atomic E-state index is 13.0. The van der Waals surface area contributed by atoms with Crippen LogP contribution in [0.15, 0.2) is 22.7 Å². The van der Waals surface area contributed by atoms with Crippen LogP contribution < -0.4 is 5.32 Å². The molecule has 1 rings (SSSR count). The van der Waals surface area contributed by atoms with Gasteiger partial charge in [0.2, 0.25) is 0 Å². The van der Waals surface area contributed by atoms with Gasteiger partial charge in [0.1, 0.15) is 5.82 Å². The number of rotatable bonds is 6. The van der Waals surface area contributed by atoms with Gasteiger partial charge in [0.05, 0.1) is 6.10 Å². The molecule has 1 unspecified atom stereocenters. The minimum Gasteiger partial charge on any atom is -0.377 e. The molecule has 0 aliphatic heterocycles. The fraction of sp³-hybridized carbons (Fsp3) is 0.500. The van der Waals surface area contributed by atoms with E-state index >= 15 is 0 Å². The van der Waals surface area contributed by atoms with Crippen molar-refractivity contribution in [2.24, 2.45) is 0 Å². The molecular weight excluding hydrogens is 273 g/mol. The minimum atomic E-state index is -0.210. The summed E-state index contributed by atoms with van der Waals surface area (Å²) >= 11 is 3.39. The summed E-state index contributed by atoms with van der Waals surface area (Å²) in [6, 6.07) is 4.69. The van der Waals surface area contributed by atoms with E-state index in [2.05, 4.69) is 21.2 Å². The Bertz CT molecular complexity index is 333. The van der Waals surface area contributed by atoms with Crippen molar-refractivity contribution in [3.05, 3.63) is 34.1 Å². The van der Waals surface area contributed by atoms with Crippen molar-refractivity contribution in [1.82, 2.24) is 5.32 Å². The molecule has 1 aromatic rings. The Hall–Kier alpha value is -0.450. The standard InChI is InChI=1S/C12H17BrFNO/c1-3-16-9(2)7-15-8-10-6-11(14)4-5-12(10)13/h4-6,9,15H,3,7-8H2,1-2H3. The molecule has 1 atom stereocenters. The first-order valence-electron chi connectivity index (χ1n) is 5.39. The Morgan fingerprint density at radius 1 is 1.50 bits per heavy atom. The molecule has 1 aromatic carbocycles.